The minimum atomic E-state index is -2.46. The highest BCUT2D eigenvalue weighted by Crippen LogP contribution is 2.34. The predicted octanol–water partition coefficient (Wildman–Crippen LogP) is 6.12. The molecule has 1 aromatic carbocycles. The summed E-state index contributed by atoms with van der Waals surface area (Å²) in [7, 11) is 2.54. The van der Waals surface area contributed by atoms with Crippen LogP contribution in [0.5, 0.6) is 0 Å². The summed E-state index contributed by atoms with van der Waals surface area (Å²) >= 11 is 0. The van der Waals surface area contributed by atoms with E-state index in [2.05, 4.69) is 31.2 Å². The van der Waals surface area contributed by atoms with Crippen molar-refractivity contribution in [2.75, 3.05) is 27.9 Å². The number of hydrogen-bond acceptors (Lipinski definition) is 4. The second kappa shape index (κ2) is 13.6. The monoisotopic (exact) mass is 422 g/mol. The van der Waals surface area contributed by atoms with Gasteiger partial charge in [-0.25, -0.2) is 0 Å². The average molecular weight is 423 g/mol. The first-order valence-corrected chi connectivity index (χ1v) is 13.5. The summed E-state index contributed by atoms with van der Waals surface area (Å²) in [6.45, 7) is 3.03. The Kier molecular flexibility index (Phi) is 11.5. The van der Waals surface area contributed by atoms with Crippen LogP contribution in [-0.4, -0.2) is 42.8 Å². The third-order valence-corrected chi connectivity index (χ3v) is 9.19. The van der Waals surface area contributed by atoms with Gasteiger partial charge in [0, 0.05) is 34.0 Å². The Morgan fingerprint density at radius 2 is 1.48 bits per heavy atom. The molecule has 166 valence electrons. The molecule has 1 fully saturated rings. The van der Waals surface area contributed by atoms with E-state index in [1.54, 1.807) is 21.3 Å². The number of aryl methyl sites for hydroxylation is 1. The van der Waals surface area contributed by atoms with Gasteiger partial charge in [0.2, 0.25) is 0 Å². The topological polar surface area (TPSA) is 36.9 Å². The van der Waals surface area contributed by atoms with Gasteiger partial charge in [-0.1, -0.05) is 50.5 Å². The van der Waals surface area contributed by atoms with Crippen LogP contribution in [0.25, 0.3) is 0 Å². The van der Waals surface area contributed by atoms with Crippen molar-refractivity contribution in [2.24, 2.45) is 0 Å². The van der Waals surface area contributed by atoms with Crippen LogP contribution >= 0.6 is 0 Å². The number of ether oxygens (including phenoxy) is 1. The number of benzene rings is 1. The maximum atomic E-state index is 6.13. The van der Waals surface area contributed by atoms with Gasteiger partial charge >= 0.3 is 8.80 Å². The fourth-order valence-electron chi connectivity index (χ4n) is 4.37. The molecule has 0 radical (unpaired) electrons. The standard InChI is InChI=1S/C24H42O4Si/c1-5-6-7-8-10-21-11-13-22(14-12-21)23-15-17-24(18-16-23)28-19-9-20-29(25-2,26-3)27-4/h11-14,23-24H,5-10,15-20H2,1-4H3/t23-,24-. The second-order valence-electron chi connectivity index (χ2n) is 8.30. The van der Waals surface area contributed by atoms with Crippen molar-refractivity contribution in [1.82, 2.24) is 0 Å². The van der Waals surface area contributed by atoms with Gasteiger partial charge in [0.15, 0.2) is 0 Å². The Morgan fingerprint density at radius 3 is 2.07 bits per heavy atom. The van der Waals surface area contributed by atoms with Crippen LogP contribution in [-0.2, 0) is 24.4 Å². The largest absolute Gasteiger partial charge is 0.500 e. The second-order valence-corrected chi connectivity index (χ2v) is 11.4. The molecule has 0 bridgehead atoms. The Labute approximate surface area is 179 Å². The Morgan fingerprint density at radius 1 is 0.828 bits per heavy atom. The van der Waals surface area contributed by atoms with Gasteiger partial charge in [-0.3, -0.25) is 0 Å². The van der Waals surface area contributed by atoms with E-state index < -0.39 is 8.80 Å². The van der Waals surface area contributed by atoms with Gasteiger partial charge in [-0.05, 0) is 62.0 Å². The normalized spacial score (nSPS) is 20.1. The Bertz CT molecular complexity index is 528. The van der Waals surface area contributed by atoms with Crippen molar-refractivity contribution in [2.45, 2.75) is 89.2 Å². The van der Waals surface area contributed by atoms with Gasteiger partial charge in [-0.2, -0.15) is 0 Å². The van der Waals surface area contributed by atoms with Crippen LogP contribution in [0.15, 0.2) is 24.3 Å². The van der Waals surface area contributed by atoms with Crippen molar-refractivity contribution in [3.05, 3.63) is 35.4 Å². The summed E-state index contributed by atoms with van der Waals surface area (Å²) in [5, 5.41) is 0. The minimum Gasteiger partial charge on any atom is -0.378 e. The zero-order valence-electron chi connectivity index (χ0n) is 19.1. The van der Waals surface area contributed by atoms with Crippen LogP contribution < -0.4 is 0 Å². The molecule has 29 heavy (non-hydrogen) atoms. The molecule has 2 rings (SSSR count). The molecule has 1 aliphatic rings. The van der Waals surface area contributed by atoms with Crippen LogP contribution in [0.1, 0.15) is 81.8 Å². The van der Waals surface area contributed by atoms with Crippen LogP contribution in [0, 0.1) is 0 Å². The molecular weight excluding hydrogens is 380 g/mol. The van der Waals surface area contributed by atoms with Gasteiger partial charge in [0.25, 0.3) is 0 Å². The lowest BCUT2D eigenvalue weighted by atomic mass is 9.82. The molecule has 1 aliphatic carbocycles. The molecule has 0 amide bonds. The number of rotatable bonds is 14. The molecule has 0 saturated heterocycles. The quantitative estimate of drug-likeness (QED) is 0.267. The highest BCUT2D eigenvalue weighted by Gasteiger charge is 2.37. The summed E-state index contributed by atoms with van der Waals surface area (Å²) in [6, 6.07) is 10.2. The van der Waals surface area contributed by atoms with E-state index in [1.165, 1.54) is 56.1 Å². The van der Waals surface area contributed by atoms with E-state index >= 15 is 0 Å². The third-order valence-electron chi connectivity index (χ3n) is 6.36. The van der Waals surface area contributed by atoms with Crippen LogP contribution in [0.3, 0.4) is 0 Å². The van der Waals surface area contributed by atoms with E-state index in [0.29, 0.717) is 12.0 Å². The molecule has 1 aromatic rings. The summed E-state index contributed by atoms with van der Waals surface area (Å²) in [5.41, 5.74) is 3.00. The molecule has 0 spiro atoms. The lowest BCUT2D eigenvalue weighted by Crippen LogP contribution is -2.42. The molecule has 4 nitrogen and oxygen atoms in total. The summed E-state index contributed by atoms with van der Waals surface area (Å²) in [4.78, 5) is 0. The molecule has 0 unspecified atom stereocenters. The third kappa shape index (κ3) is 8.14. The van der Waals surface area contributed by atoms with E-state index in [4.69, 9.17) is 18.0 Å². The summed E-state index contributed by atoms with van der Waals surface area (Å²) < 4.78 is 22.5. The van der Waals surface area contributed by atoms with Gasteiger partial charge in [0.1, 0.15) is 0 Å². The lowest BCUT2D eigenvalue weighted by molar-refractivity contribution is 0.0225. The summed E-state index contributed by atoms with van der Waals surface area (Å²) in [5.74, 6) is 0.694. The fourth-order valence-corrected chi connectivity index (χ4v) is 6.06. The van der Waals surface area contributed by atoms with Crippen molar-refractivity contribution in [1.29, 1.82) is 0 Å². The molecule has 0 aliphatic heterocycles. The first-order chi connectivity index (χ1) is 14.2. The minimum absolute atomic E-state index is 0.396. The van der Waals surface area contributed by atoms with Gasteiger partial charge < -0.3 is 18.0 Å². The summed E-state index contributed by atoms with van der Waals surface area (Å²) in [6.07, 6.45) is 12.6. The van der Waals surface area contributed by atoms with E-state index in [1.807, 2.05) is 0 Å². The maximum absolute atomic E-state index is 6.13. The molecule has 0 atom stereocenters. The molecule has 0 aromatic heterocycles. The molecular formula is C24H42O4Si. The highest BCUT2D eigenvalue weighted by molar-refractivity contribution is 6.60. The average Bonchev–Trinajstić information content (AvgIpc) is 2.78. The van der Waals surface area contributed by atoms with E-state index in [-0.39, 0.29) is 0 Å². The van der Waals surface area contributed by atoms with Crippen molar-refractivity contribution in [3.63, 3.8) is 0 Å². The van der Waals surface area contributed by atoms with E-state index in [0.717, 1.165) is 31.9 Å². The van der Waals surface area contributed by atoms with Gasteiger partial charge in [0.05, 0.1) is 6.10 Å². The molecule has 5 heteroatoms. The fraction of sp³-hybridized carbons (Fsp3) is 0.750. The van der Waals surface area contributed by atoms with Gasteiger partial charge in [-0.15, -0.1) is 0 Å². The Hall–Kier alpha value is -0.723. The van der Waals surface area contributed by atoms with E-state index in [9.17, 15) is 0 Å². The Balaban J connectivity index is 1.66. The number of hydrogen-bond donors (Lipinski definition) is 0. The molecule has 0 N–H and O–H groups in total. The first-order valence-electron chi connectivity index (χ1n) is 11.5. The van der Waals surface area contributed by atoms with Crippen LogP contribution in [0.4, 0.5) is 0 Å². The molecule has 1 saturated carbocycles. The van der Waals surface area contributed by atoms with Crippen molar-refractivity contribution < 1.29 is 18.0 Å². The van der Waals surface area contributed by atoms with Crippen molar-refractivity contribution in [3.8, 4) is 0 Å². The van der Waals surface area contributed by atoms with Crippen molar-refractivity contribution >= 4 is 8.80 Å². The highest BCUT2D eigenvalue weighted by atomic mass is 28.4. The smallest absolute Gasteiger partial charge is 0.378 e. The zero-order valence-corrected chi connectivity index (χ0v) is 20.1. The van der Waals surface area contributed by atoms with Crippen LogP contribution in [0.2, 0.25) is 6.04 Å². The molecule has 0 heterocycles. The SMILES string of the molecule is CCCCCCc1ccc([C@H]2CC[C@H](OCCC[Si](OC)(OC)OC)CC2)cc1. The maximum Gasteiger partial charge on any atom is 0.500 e. The number of unbranched alkanes of at least 4 members (excludes halogenated alkanes) is 3. The zero-order chi connectivity index (χ0) is 21.0. The lowest BCUT2D eigenvalue weighted by Gasteiger charge is -2.29. The first kappa shape index (κ1) is 24.5. The predicted molar refractivity (Wildman–Crippen MR) is 121 cm³/mol.